The molecule has 0 heterocycles. The molecular weight excluding hydrogens is 292 g/mol. The van der Waals surface area contributed by atoms with E-state index in [1.807, 2.05) is 0 Å². The number of carbonyl (C=O) groups excluding carboxylic acids is 1. The van der Waals surface area contributed by atoms with Crippen molar-refractivity contribution in [1.82, 2.24) is 4.81 Å². The maximum Gasteiger partial charge on any atom is 0.344 e. The number of quaternary nitrogens is 1. The highest BCUT2D eigenvalue weighted by molar-refractivity contribution is 5.76. The fourth-order valence-electron chi connectivity index (χ4n) is 1.58. The topological polar surface area (TPSA) is 169 Å². The quantitative estimate of drug-likeness (QED) is 0.150. The Morgan fingerprint density at radius 3 is 2.14 bits per heavy atom. The van der Waals surface area contributed by atoms with Crippen molar-refractivity contribution in [3.8, 4) is 5.75 Å². The van der Waals surface area contributed by atoms with Crippen molar-refractivity contribution in [3.05, 3.63) is 17.0 Å². The minimum absolute atomic E-state index is 0.0561. The zero-order valence-corrected chi connectivity index (χ0v) is 12.7. The van der Waals surface area contributed by atoms with E-state index in [4.69, 9.17) is 32.6 Å². The molecule has 0 amide bonds. The number of rotatable bonds is 5. The molecule has 0 saturated carbocycles. The molecule has 0 radical (unpaired) electrons. The van der Waals surface area contributed by atoms with Crippen LogP contribution in [0, 0.1) is 4.91 Å². The predicted molar refractivity (Wildman–Crippen MR) is 82.6 cm³/mol. The molecule has 0 spiro atoms. The molecule has 0 fully saturated rings. The van der Waals surface area contributed by atoms with Gasteiger partial charge in [-0.25, -0.2) is 4.79 Å². The first kappa shape index (κ1) is 17.6. The van der Waals surface area contributed by atoms with Gasteiger partial charge in [-0.05, 0) is 20.8 Å². The van der Waals surface area contributed by atoms with Gasteiger partial charge in [-0.15, -0.1) is 11.7 Å². The van der Waals surface area contributed by atoms with E-state index in [9.17, 15) is 9.70 Å². The zero-order chi connectivity index (χ0) is 17.1. The Morgan fingerprint density at radius 2 is 1.73 bits per heavy atom. The molecule has 8 N–H and O–H groups in total. The molecule has 0 saturated heterocycles. The fourth-order valence-corrected chi connectivity index (χ4v) is 1.58. The van der Waals surface area contributed by atoms with Crippen molar-refractivity contribution in [3.63, 3.8) is 0 Å². The van der Waals surface area contributed by atoms with Crippen LogP contribution in [0.5, 0.6) is 5.75 Å². The molecule has 22 heavy (non-hydrogen) atoms. The molecule has 122 valence electrons. The van der Waals surface area contributed by atoms with Crippen LogP contribution in [0.15, 0.2) is 17.4 Å². The summed E-state index contributed by atoms with van der Waals surface area (Å²) in [4.78, 5) is 20.9. The van der Waals surface area contributed by atoms with Crippen molar-refractivity contribution in [2.75, 3.05) is 18.1 Å². The Labute approximate surface area is 127 Å². The summed E-state index contributed by atoms with van der Waals surface area (Å²) in [6, 6.07) is 2.56. The van der Waals surface area contributed by atoms with Gasteiger partial charge in [0, 0.05) is 16.9 Å². The number of benzene rings is 1. The van der Waals surface area contributed by atoms with E-state index in [0.29, 0.717) is 0 Å². The lowest BCUT2D eigenvalue weighted by atomic mass is 10.2. The summed E-state index contributed by atoms with van der Waals surface area (Å²) < 4.78 is 10.3. The number of nitrogens with zero attached hydrogens (tertiary/aromatic N) is 2. The van der Waals surface area contributed by atoms with Gasteiger partial charge in [0.25, 0.3) is 0 Å². The van der Waals surface area contributed by atoms with E-state index in [0.717, 1.165) is 0 Å². The van der Waals surface area contributed by atoms with E-state index in [1.54, 1.807) is 20.8 Å². The third-order valence-corrected chi connectivity index (χ3v) is 2.43. The van der Waals surface area contributed by atoms with Crippen molar-refractivity contribution in [2.24, 2.45) is 17.0 Å². The molecule has 0 unspecified atom stereocenters. The van der Waals surface area contributed by atoms with Gasteiger partial charge in [0.1, 0.15) is 5.60 Å². The SMILES string of the molecule is CC(C)(C)OC(=O)COc1c(N)cc([N+](N)(N)N=O)cc1N. The first-order valence-corrected chi connectivity index (χ1v) is 6.31. The standard InChI is InChI=1S/C12H21N6O4/c1-12(2,3)22-10(19)6-21-11-8(13)4-7(5-9(11)14)18(15,16)17-20/h4-5H,6,13-16H2,1-3H3/q+1. The Bertz CT molecular complexity index is 558. The summed E-state index contributed by atoms with van der Waals surface area (Å²) in [6.45, 7) is 4.82. The summed E-state index contributed by atoms with van der Waals surface area (Å²) in [5, 5.41) is 2.53. The van der Waals surface area contributed by atoms with Crippen molar-refractivity contribution in [1.29, 1.82) is 0 Å². The number of nitroso groups, excluding NO2 is 1. The van der Waals surface area contributed by atoms with Crippen LogP contribution in [0.4, 0.5) is 17.1 Å². The average molecular weight is 313 g/mol. The van der Waals surface area contributed by atoms with Crippen LogP contribution in [0.3, 0.4) is 0 Å². The summed E-state index contributed by atoms with van der Waals surface area (Å²) in [7, 11) is 0. The van der Waals surface area contributed by atoms with E-state index in [1.165, 1.54) is 12.1 Å². The van der Waals surface area contributed by atoms with Crippen LogP contribution in [-0.2, 0) is 9.53 Å². The molecule has 10 heteroatoms. The summed E-state index contributed by atoms with van der Waals surface area (Å²) in [6.07, 6.45) is 0. The third kappa shape index (κ3) is 4.55. The van der Waals surface area contributed by atoms with Gasteiger partial charge >= 0.3 is 5.97 Å². The van der Waals surface area contributed by atoms with Gasteiger partial charge in [0.15, 0.2) is 12.4 Å². The molecule has 1 rings (SSSR count). The normalized spacial score (nSPS) is 11.9. The maximum atomic E-state index is 11.6. The second-order valence-electron chi connectivity index (χ2n) is 5.65. The average Bonchev–Trinajstić information content (AvgIpc) is 2.35. The van der Waals surface area contributed by atoms with Gasteiger partial charge in [-0.1, -0.05) is 4.91 Å². The number of hydrogen-bond donors (Lipinski definition) is 4. The van der Waals surface area contributed by atoms with Crippen LogP contribution in [-0.4, -0.2) is 18.2 Å². The fraction of sp³-hybridized carbons (Fsp3) is 0.417. The van der Waals surface area contributed by atoms with Crippen molar-refractivity contribution < 1.29 is 14.3 Å². The zero-order valence-electron chi connectivity index (χ0n) is 12.7. The highest BCUT2D eigenvalue weighted by atomic mass is 16.6. The minimum Gasteiger partial charge on any atom is -0.478 e. The summed E-state index contributed by atoms with van der Waals surface area (Å²) in [5.41, 5.74) is 11.1. The number of carbonyl (C=O) groups is 1. The van der Waals surface area contributed by atoms with E-state index < -0.39 is 16.4 Å². The lowest BCUT2D eigenvalue weighted by Gasteiger charge is -2.20. The Morgan fingerprint density at radius 1 is 1.23 bits per heavy atom. The molecule has 0 aromatic heterocycles. The molecule has 10 nitrogen and oxygen atoms in total. The lowest BCUT2D eigenvalue weighted by molar-refractivity contribution is -0.157. The molecule has 0 bridgehead atoms. The molecule has 0 aliphatic rings. The number of anilines is 2. The second-order valence-corrected chi connectivity index (χ2v) is 5.65. The van der Waals surface area contributed by atoms with Crippen molar-refractivity contribution >= 4 is 23.0 Å². The van der Waals surface area contributed by atoms with Gasteiger partial charge in [0.05, 0.1) is 11.4 Å². The predicted octanol–water partition coefficient (Wildman–Crippen LogP) is 0.308. The highest BCUT2D eigenvalue weighted by Gasteiger charge is 2.27. The van der Waals surface area contributed by atoms with Gasteiger partial charge in [-0.3, -0.25) is 0 Å². The Hall–Kier alpha value is -2.43. The van der Waals surface area contributed by atoms with Crippen LogP contribution >= 0.6 is 0 Å². The molecule has 1 aromatic rings. The second kappa shape index (κ2) is 6.13. The van der Waals surface area contributed by atoms with Gasteiger partial charge in [0.2, 0.25) is 11.0 Å². The molecule has 1 aromatic carbocycles. The molecular formula is C12H21N6O4+. The smallest absolute Gasteiger partial charge is 0.344 e. The Balaban J connectivity index is 2.90. The van der Waals surface area contributed by atoms with Crippen LogP contribution < -0.4 is 32.7 Å². The number of ether oxygens (including phenoxy) is 2. The minimum atomic E-state index is -1.28. The number of nitrogens with two attached hydrogens (primary N) is 4. The van der Waals surface area contributed by atoms with Gasteiger partial charge in [-0.2, -0.15) is 0 Å². The van der Waals surface area contributed by atoms with Crippen LogP contribution in [0.2, 0.25) is 0 Å². The van der Waals surface area contributed by atoms with E-state index in [-0.39, 0.29) is 29.4 Å². The van der Waals surface area contributed by atoms with Crippen LogP contribution in [0.1, 0.15) is 20.8 Å². The van der Waals surface area contributed by atoms with E-state index >= 15 is 0 Å². The molecule has 0 atom stereocenters. The first-order chi connectivity index (χ1) is 9.96. The summed E-state index contributed by atoms with van der Waals surface area (Å²) >= 11 is 0. The van der Waals surface area contributed by atoms with Gasteiger partial charge < -0.3 is 20.9 Å². The van der Waals surface area contributed by atoms with E-state index in [2.05, 4.69) is 5.29 Å². The summed E-state index contributed by atoms with van der Waals surface area (Å²) in [5.74, 6) is 10.3. The Kier molecular flexibility index (Phi) is 4.91. The number of hydrogen-bond acceptors (Lipinski definition) is 9. The third-order valence-electron chi connectivity index (χ3n) is 2.43. The largest absolute Gasteiger partial charge is 0.478 e. The first-order valence-electron chi connectivity index (χ1n) is 6.31. The number of esters is 1. The monoisotopic (exact) mass is 313 g/mol. The maximum absolute atomic E-state index is 11.6. The van der Waals surface area contributed by atoms with Crippen molar-refractivity contribution in [2.45, 2.75) is 26.4 Å². The highest BCUT2D eigenvalue weighted by Crippen LogP contribution is 2.34. The number of nitrogen functional groups attached to an aromatic ring is 2. The lowest BCUT2D eigenvalue weighted by Crippen LogP contribution is -2.57. The van der Waals surface area contributed by atoms with Crippen LogP contribution in [0.25, 0.3) is 0 Å². The molecule has 0 aliphatic carbocycles. The molecule has 0 aliphatic heterocycles.